The molecular formula is C28H26Cl2N4O3S. The van der Waals surface area contributed by atoms with Crippen LogP contribution >= 0.6 is 23.2 Å². The fourth-order valence-electron chi connectivity index (χ4n) is 4.18. The molecule has 0 saturated carbocycles. The molecule has 0 atom stereocenters. The summed E-state index contributed by atoms with van der Waals surface area (Å²) in [6.07, 6.45) is 1.52. The van der Waals surface area contributed by atoms with E-state index in [1.165, 1.54) is 18.3 Å². The summed E-state index contributed by atoms with van der Waals surface area (Å²) in [5.74, 6) is -0.602. The molecule has 1 N–H and O–H groups in total. The summed E-state index contributed by atoms with van der Waals surface area (Å²) in [6.45, 7) is 5.14. The van der Waals surface area contributed by atoms with Gasteiger partial charge in [0.2, 0.25) is 0 Å². The number of para-hydroxylation sites is 1. The maximum atomic E-state index is 13.5. The Bertz CT molecular complexity index is 1620. The van der Waals surface area contributed by atoms with Crippen LogP contribution in [0.5, 0.6) is 0 Å². The van der Waals surface area contributed by atoms with Gasteiger partial charge in [-0.15, -0.1) is 0 Å². The number of aromatic nitrogens is 1. The Kier molecular flexibility index (Phi) is 8.26. The van der Waals surface area contributed by atoms with E-state index in [0.29, 0.717) is 21.3 Å². The Balaban J connectivity index is 1.58. The molecule has 196 valence electrons. The van der Waals surface area contributed by atoms with Crippen molar-refractivity contribution in [3.63, 3.8) is 0 Å². The maximum Gasteiger partial charge on any atom is 0.264 e. The second kappa shape index (κ2) is 11.4. The zero-order chi connectivity index (χ0) is 27.4. The third-order valence-electron chi connectivity index (χ3n) is 6.00. The number of hydrazone groups is 1. The fourth-order valence-corrected chi connectivity index (χ4v) is 6.13. The number of aryl methyl sites for hydroxylation is 2. The van der Waals surface area contributed by atoms with Crippen molar-refractivity contribution in [3.05, 3.63) is 111 Å². The zero-order valence-electron chi connectivity index (χ0n) is 21.0. The lowest BCUT2D eigenvalue weighted by molar-refractivity contribution is -0.119. The summed E-state index contributed by atoms with van der Waals surface area (Å²) in [7, 11) is -4.04. The molecule has 0 radical (unpaired) electrons. The highest BCUT2D eigenvalue weighted by molar-refractivity contribution is 7.92. The van der Waals surface area contributed by atoms with Crippen LogP contribution in [-0.4, -0.2) is 31.7 Å². The molecule has 0 aliphatic rings. The van der Waals surface area contributed by atoms with Crippen LogP contribution < -0.4 is 9.73 Å². The number of rotatable bonds is 8. The van der Waals surface area contributed by atoms with Crippen LogP contribution in [0.3, 0.4) is 0 Å². The van der Waals surface area contributed by atoms with E-state index in [1.54, 1.807) is 43.3 Å². The van der Waals surface area contributed by atoms with Gasteiger partial charge in [-0.2, -0.15) is 5.10 Å². The minimum Gasteiger partial charge on any atom is -0.316 e. The number of sulfonamides is 1. The number of hydrogen-bond acceptors (Lipinski definition) is 4. The van der Waals surface area contributed by atoms with Crippen LogP contribution in [-0.2, 0) is 14.8 Å². The van der Waals surface area contributed by atoms with Gasteiger partial charge in [-0.3, -0.25) is 9.10 Å². The number of carbonyl (C=O) groups excluding carboxylic acids is 1. The fraction of sp³-hybridized carbons (Fsp3) is 0.143. The van der Waals surface area contributed by atoms with E-state index in [-0.39, 0.29) is 4.90 Å². The monoisotopic (exact) mass is 568 g/mol. The largest absolute Gasteiger partial charge is 0.316 e. The number of hydrogen-bond donors (Lipinski definition) is 1. The minimum atomic E-state index is -4.04. The van der Waals surface area contributed by atoms with E-state index < -0.39 is 22.5 Å². The molecule has 38 heavy (non-hydrogen) atoms. The molecule has 3 aromatic carbocycles. The van der Waals surface area contributed by atoms with Gasteiger partial charge in [0.15, 0.2) is 0 Å². The summed E-state index contributed by atoms with van der Waals surface area (Å²) in [5, 5.41) is 5.18. The highest BCUT2D eigenvalue weighted by Gasteiger charge is 2.28. The van der Waals surface area contributed by atoms with Crippen molar-refractivity contribution in [3.8, 4) is 5.69 Å². The molecule has 10 heteroatoms. The lowest BCUT2D eigenvalue weighted by atomic mass is 10.2. The first-order valence-corrected chi connectivity index (χ1v) is 13.9. The Morgan fingerprint density at radius 3 is 2.34 bits per heavy atom. The number of anilines is 1. The lowest BCUT2D eigenvalue weighted by Crippen LogP contribution is -2.40. The zero-order valence-corrected chi connectivity index (χ0v) is 23.3. The van der Waals surface area contributed by atoms with Crippen molar-refractivity contribution in [2.24, 2.45) is 5.10 Å². The molecule has 0 saturated heterocycles. The standard InChI is InChI=1S/C28H26Cl2N4O3S/c1-19-15-23(29)13-14-26(19)33(38(36,37)24-9-5-4-6-10-24)18-28(35)32-31-17-22-16-20(2)34(21(22)3)27-12-8-7-11-25(27)30/h4-17H,18H2,1-3H3,(H,32,35)/b31-17+. The van der Waals surface area contributed by atoms with Gasteiger partial charge in [-0.05, 0) is 74.9 Å². The SMILES string of the molecule is Cc1cc(Cl)ccc1N(CC(=O)N/N=C/c1cc(C)n(-c2ccccc2Cl)c1C)S(=O)(=O)c1ccccc1. The summed E-state index contributed by atoms with van der Waals surface area (Å²) < 4.78 is 30.1. The third-order valence-corrected chi connectivity index (χ3v) is 8.33. The second-order valence-electron chi connectivity index (χ2n) is 8.66. The van der Waals surface area contributed by atoms with Crippen LogP contribution in [0.15, 0.2) is 88.9 Å². The number of benzene rings is 3. The van der Waals surface area contributed by atoms with E-state index in [2.05, 4.69) is 10.5 Å². The number of carbonyl (C=O) groups is 1. The maximum absolute atomic E-state index is 13.5. The first-order chi connectivity index (χ1) is 18.1. The van der Waals surface area contributed by atoms with Gasteiger partial charge in [0.25, 0.3) is 15.9 Å². The molecule has 7 nitrogen and oxygen atoms in total. The van der Waals surface area contributed by atoms with E-state index in [1.807, 2.05) is 48.7 Å². The first-order valence-electron chi connectivity index (χ1n) is 11.7. The smallest absolute Gasteiger partial charge is 0.264 e. The van der Waals surface area contributed by atoms with Crippen molar-refractivity contribution < 1.29 is 13.2 Å². The minimum absolute atomic E-state index is 0.0673. The first kappa shape index (κ1) is 27.4. The average Bonchev–Trinajstić information content (AvgIpc) is 3.16. The van der Waals surface area contributed by atoms with Crippen molar-refractivity contribution in [2.75, 3.05) is 10.8 Å². The molecule has 0 aliphatic carbocycles. The van der Waals surface area contributed by atoms with Crippen molar-refractivity contribution in [1.29, 1.82) is 0 Å². The number of nitrogens with one attached hydrogen (secondary N) is 1. The van der Waals surface area contributed by atoms with Crippen molar-refractivity contribution in [2.45, 2.75) is 25.7 Å². The lowest BCUT2D eigenvalue weighted by Gasteiger charge is -2.25. The summed E-state index contributed by atoms with van der Waals surface area (Å²) >= 11 is 12.5. The van der Waals surface area contributed by atoms with E-state index >= 15 is 0 Å². The quantitative estimate of drug-likeness (QED) is 0.207. The summed E-state index contributed by atoms with van der Waals surface area (Å²) in [4.78, 5) is 13.0. The van der Waals surface area contributed by atoms with Crippen LogP contribution in [0.2, 0.25) is 10.0 Å². The van der Waals surface area contributed by atoms with E-state index in [9.17, 15) is 13.2 Å². The molecule has 1 aromatic heterocycles. The van der Waals surface area contributed by atoms with Gasteiger partial charge >= 0.3 is 0 Å². The summed E-state index contributed by atoms with van der Waals surface area (Å²) in [6, 6.07) is 22.2. The second-order valence-corrected chi connectivity index (χ2v) is 11.4. The molecule has 0 spiro atoms. The molecule has 0 unspecified atom stereocenters. The van der Waals surface area contributed by atoms with Gasteiger partial charge < -0.3 is 4.57 Å². The van der Waals surface area contributed by atoms with Gasteiger partial charge in [0.05, 0.1) is 27.5 Å². The molecule has 1 amide bonds. The van der Waals surface area contributed by atoms with E-state index in [0.717, 1.165) is 26.9 Å². The predicted octanol–water partition coefficient (Wildman–Crippen LogP) is 6.05. The van der Waals surface area contributed by atoms with Gasteiger partial charge in [-0.1, -0.05) is 53.5 Å². The Hall–Kier alpha value is -3.59. The van der Waals surface area contributed by atoms with Crippen LogP contribution in [0.25, 0.3) is 5.69 Å². The van der Waals surface area contributed by atoms with Crippen molar-refractivity contribution >= 4 is 51.0 Å². The Morgan fingerprint density at radius 2 is 1.66 bits per heavy atom. The van der Waals surface area contributed by atoms with E-state index in [4.69, 9.17) is 23.2 Å². The molecule has 1 heterocycles. The van der Waals surface area contributed by atoms with Gasteiger partial charge in [0, 0.05) is 22.0 Å². The highest BCUT2D eigenvalue weighted by Crippen LogP contribution is 2.29. The topological polar surface area (TPSA) is 83.8 Å². The molecule has 4 aromatic rings. The number of amides is 1. The molecule has 4 rings (SSSR count). The predicted molar refractivity (Wildman–Crippen MR) is 153 cm³/mol. The normalized spacial score (nSPS) is 11.6. The molecular weight excluding hydrogens is 543 g/mol. The van der Waals surface area contributed by atoms with Crippen LogP contribution in [0.1, 0.15) is 22.5 Å². The summed E-state index contributed by atoms with van der Waals surface area (Å²) in [5.41, 5.74) is 6.87. The highest BCUT2D eigenvalue weighted by atomic mass is 35.5. The van der Waals surface area contributed by atoms with Crippen molar-refractivity contribution in [1.82, 2.24) is 9.99 Å². The van der Waals surface area contributed by atoms with Crippen LogP contribution in [0.4, 0.5) is 5.69 Å². The van der Waals surface area contributed by atoms with Crippen LogP contribution in [0, 0.1) is 20.8 Å². The van der Waals surface area contributed by atoms with Gasteiger partial charge in [-0.25, -0.2) is 13.8 Å². The number of halogens is 2. The Morgan fingerprint density at radius 1 is 0.974 bits per heavy atom. The molecule has 0 fully saturated rings. The number of nitrogens with zero attached hydrogens (tertiary/aromatic N) is 3. The average molecular weight is 570 g/mol. The third kappa shape index (κ3) is 5.78. The van der Waals surface area contributed by atoms with Gasteiger partial charge in [0.1, 0.15) is 6.54 Å². The Labute approximate surface area is 232 Å². The molecule has 0 bridgehead atoms. The molecule has 0 aliphatic heterocycles.